The van der Waals surface area contributed by atoms with Crippen LogP contribution in [0.15, 0.2) is 24.3 Å². The number of piperidine rings is 1. The van der Waals surface area contributed by atoms with Crippen molar-refractivity contribution in [1.82, 2.24) is 4.90 Å². The van der Waals surface area contributed by atoms with Crippen LogP contribution in [0.4, 0.5) is 0 Å². The molecule has 0 aromatic heterocycles. The van der Waals surface area contributed by atoms with Crippen LogP contribution in [0.3, 0.4) is 0 Å². The second-order valence-corrected chi connectivity index (χ2v) is 5.11. The highest BCUT2D eigenvalue weighted by Crippen LogP contribution is 2.21. The first kappa shape index (κ1) is 15.2. The summed E-state index contributed by atoms with van der Waals surface area (Å²) < 4.78 is 0. The smallest absolute Gasteiger partial charge is 0.0233 e. The maximum absolute atomic E-state index is 2.59. The molecular weight excluding hydrogens is 218 g/mol. The van der Waals surface area contributed by atoms with Gasteiger partial charge in [-0.2, -0.15) is 0 Å². The Morgan fingerprint density at radius 1 is 1.06 bits per heavy atom. The quantitative estimate of drug-likeness (QED) is 0.752. The molecule has 0 N–H and O–H groups in total. The average molecular weight is 247 g/mol. The predicted octanol–water partition coefficient (Wildman–Crippen LogP) is 4.64. The Hall–Kier alpha value is -0.820. The maximum atomic E-state index is 2.59. The van der Waals surface area contributed by atoms with Crippen LogP contribution in [0.5, 0.6) is 0 Å². The van der Waals surface area contributed by atoms with Crippen molar-refractivity contribution in [1.29, 1.82) is 0 Å². The highest BCUT2D eigenvalue weighted by atomic mass is 15.1. The largest absolute Gasteiger partial charge is 0.299 e. The third kappa shape index (κ3) is 4.81. The highest BCUT2D eigenvalue weighted by molar-refractivity contribution is 5.21. The molecule has 0 amide bonds. The van der Waals surface area contributed by atoms with Crippen LogP contribution in [-0.4, -0.2) is 18.0 Å². The van der Waals surface area contributed by atoms with Crippen LogP contribution >= 0.6 is 0 Å². The minimum atomic E-state index is 0.981. The number of likely N-dealkylation sites (tertiary alicyclic amines) is 1. The van der Waals surface area contributed by atoms with Crippen molar-refractivity contribution in [3.8, 4) is 0 Å². The Labute approximate surface area is 113 Å². The lowest BCUT2D eigenvalue weighted by atomic mass is 9.94. The summed E-state index contributed by atoms with van der Waals surface area (Å²) in [7, 11) is 0. The summed E-state index contributed by atoms with van der Waals surface area (Å²) in [6, 6.07) is 8.96. The van der Waals surface area contributed by atoms with Gasteiger partial charge in [0.1, 0.15) is 0 Å². The summed E-state index contributed by atoms with van der Waals surface area (Å²) in [5.41, 5.74) is 2.81. The minimum absolute atomic E-state index is 0.981. The molecule has 1 nitrogen and oxygen atoms in total. The number of rotatable bonds is 3. The molecule has 102 valence electrons. The lowest BCUT2D eigenvalue weighted by Crippen LogP contribution is -2.32. The Morgan fingerprint density at radius 2 is 1.61 bits per heavy atom. The van der Waals surface area contributed by atoms with Gasteiger partial charge in [-0.15, -0.1) is 0 Å². The molecule has 2 rings (SSSR count). The Bertz CT molecular complexity index is 307. The second kappa shape index (κ2) is 8.31. The fourth-order valence-electron chi connectivity index (χ4n) is 2.50. The molecule has 0 spiro atoms. The molecule has 1 saturated heterocycles. The van der Waals surface area contributed by atoms with E-state index < -0.39 is 0 Å². The molecule has 1 aromatic rings. The number of benzene rings is 1. The van der Waals surface area contributed by atoms with E-state index in [0.29, 0.717) is 0 Å². The fraction of sp³-hybridized carbons (Fsp3) is 0.647. The fourth-order valence-corrected chi connectivity index (χ4v) is 2.50. The molecule has 0 bridgehead atoms. The summed E-state index contributed by atoms with van der Waals surface area (Å²) in [6.45, 7) is 12.2. The van der Waals surface area contributed by atoms with E-state index in [4.69, 9.17) is 0 Å². The van der Waals surface area contributed by atoms with E-state index in [1.807, 2.05) is 13.8 Å². The van der Waals surface area contributed by atoms with Crippen LogP contribution in [-0.2, 0) is 6.54 Å². The van der Waals surface area contributed by atoms with Gasteiger partial charge in [0.05, 0.1) is 0 Å². The Morgan fingerprint density at radius 3 is 2.11 bits per heavy atom. The van der Waals surface area contributed by atoms with Crippen LogP contribution in [0.25, 0.3) is 0 Å². The van der Waals surface area contributed by atoms with Crippen LogP contribution in [0.1, 0.15) is 51.2 Å². The van der Waals surface area contributed by atoms with Crippen LogP contribution in [0, 0.1) is 12.8 Å². The normalized spacial score (nSPS) is 17.1. The third-order valence-electron chi connectivity index (χ3n) is 3.81. The molecule has 1 heteroatoms. The molecule has 1 fully saturated rings. The van der Waals surface area contributed by atoms with Gasteiger partial charge in [0.15, 0.2) is 0 Å². The SMILES string of the molecule is CC.CCC1CCN(Cc2ccc(C)cc2)CC1. The average Bonchev–Trinajstić information content (AvgIpc) is 2.44. The molecule has 0 atom stereocenters. The molecule has 0 saturated carbocycles. The first-order chi connectivity index (χ1) is 8.78. The van der Waals surface area contributed by atoms with Gasteiger partial charge in [0.2, 0.25) is 0 Å². The summed E-state index contributed by atoms with van der Waals surface area (Å²) in [4.78, 5) is 2.59. The van der Waals surface area contributed by atoms with E-state index in [9.17, 15) is 0 Å². The molecule has 18 heavy (non-hydrogen) atoms. The first-order valence-electron chi connectivity index (χ1n) is 7.56. The Balaban J connectivity index is 0.000000771. The summed E-state index contributed by atoms with van der Waals surface area (Å²) in [5.74, 6) is 0.981. The lowest BCUT2D eigenvalue weighted by Gasteiger charge is -2.31. The van der Waals surface area contributed by atoms with Gasteiger partial charge < -0.3 is 0 Å². The molecule has 0 unspecified atom stereocenters. The van der Waals surface area contributed by atoms with E-state index in [-0.39, 0.29) is 0 Å². The third-order valence-corrected chi connectivity index (χ3v) is 3.81. The first-order valence-corrected chi connectivity index (χ1v) is 7.56. The van der Waals surface area contributed by atoms with Gasteiger partial charge >= 0.3 is 0 Å². The van der Waals surface area contributed by atoms with E-state index in [1.165, 1.54) is 43.5 Å². The van der Waals surface area contributed by atoms with Crippen LogP contribution < -0.4 is 0 Å². The van der Waals surface area contributed by atoms with Crippen molar-refractivity contribution >= 4 is 0 Å². The van der Waals surface area contributed by atoms with E-state index in [0.717, 1.165) is 12.5 Å². The molecule has 1 heterocycles. The van der Waals surface area contributed by atoms with Gasteiger partial charge in [0.25, 0.3) is 0 Å². The zero-order chi connectivity index (χ0) is 13.4. The van der Waals surface area contributed by atoms with Gasteiger partial charge in [-0.3, -0.25) is 4.90 Å². The number of hydrogen-bond donors (Lipinski definition) is 0. The van der Waals surface area contributed by atoms with Gasteiger partial charge in [-0.25, -0.2) is 0 Å². The van der Waals surface area contributed by atoms with Crippen molar-refractivity contribution in [3.05, 3.63) is 35.4 Å². The van der Waals surface area contributed by atoms with Crippen molar-refractivity contribution in [2.45, 2.75) is 53.5 Å². The zero-order valence-electron chi connectivity index (χ0n) is 12.6. The molecule has 1 aliphatic rings. The monoisotopic (exact) mass is 247 g/mol. The minimum Gasteiger partial charge on any atom is -0.299 e. The molecule has 0 aliphatic carbocycles. The summed E-state index contributed by atoms with van der Waals surface area (Å²) >= 11 is 0. The topological polar surface area (TPSA) is 3.24 Å². The number of nitrogens with zero attached hydrogens (tertiary/aromatic N) is 1. The molecular formula is C17H29N. The maximum Gasteiger partial charge on any atom is 0.0233 e. The number of aryl methyl sites for hydroxylation is 1. The molecule has 1 aromatic carbocycles. The predicted molar refractivity (Wildman–Crippen MR) is 80.8 cm³/mol. The Kier molecular flexibility index (Phi) is 7.04. The second-order valence-electron chi connectivity index (χ2n) is 5.11. The molecule has 0 radical (unpaired) electrons. The van der Waals surface area contributed by atoms with Crippen molar-refractivity contribution in [2.75, 3.05) is 13.1 Å². The van der Waals surface area contributed by atoms with Gasteiger partial charge in [-0.05, 0) is 44.3 Å². The number of hydrogen-bond acceptors (Lipinski definition) is 1. The summed E-state index contributed by atoms with van der Waals surface area (Å²) in [5, 5.41) is 0. The zero-order valence-corrected chi connectivity index (χ0v) is 12.6. The molecule has 1 aliphatic heterocycles. The highest BCUT2D eigenvalue weighted by Gasteiger charge is 2.17. The van der Waals surface area contributed by atoms with E-state index in [1.54, 1.807) is 0 Å². The van der Waals surface area contributed by atoms with Crippen molar-refractivity contribution in [2.24, 2.45) is 5.92 Å². The van der Waals surface area contributed by atoms with E-state index >= 15 is 0 Å². The van der Waals surface area contributed by atoms with Crippen LogP contribution in [0.2, 0.25) is 0 Å². The van der Waals surface area contributed by atoms with Crippen molar-refractivity contribution < 1.29 is 0 Å². The summed E-state index contributed by atoms with van der Waals surface area (Å²) in [6.07, 6.45) is 4.14. The van der Waals surface area contributed by atoms with Crippen molar-refractivity contribution in [3.63, 3.8) is 0 Å². The lowest BCUT2D eigenvalue weighted by molar-refractivity contribution is 0.175. The van der Waals surface area contributed by atoms with Gasteiger partial charge in [-0.1, -0.05) is 57.0 Å². The van der Waals surface area contributed by atoms with Gasteiger partial charge in [0, 0.05) is 6.54 Å². The standard InChI is InChI=1S/C15H23N.C2H6/c1-3-14-8-10-16(11-9-14)12-15-6-4-13(2)5-7-15;1-2/h4-7,14H,3,8-12H2,1-2H3;1-2H3. The van der Waals surface area contributed by atoms with E-state index in [2.05, 4.69) is 43.0 Å².